The highest BCUT2D eigenvalue weighted by atomic mass is 79.9. The standard InChI is InChI=1S/C25H23BrO8/c1-31-23(28)20(34-21(27)14-9-16-7-5-4-6-8-16)15-19(17-10-12-18(26)13-11-17)22(24(29)32-2)25(30)33-3/h4-15,19,22H,1-3H3/b14-9+,20-15-/t19-/m1/s1. The van der Waals surface area contributed by atoms with Gasteiger partial charge in [0.2, 0.25) is 5.76 Å². The molecule has 0 aliphatic rings. The van der Waals surface area contributed by atoms with Crippen LogP contribution in [0, 0.1) is 5.92 Å². The highest BCUT2D eigenvalue weighted by molar-refractivity contribution is 9.10. The number of benzene rings is 2. The Morgan fingerprint density at radius 2 is 1.41 bits per heavy atom. The fourth-order valence-corrected chi connectivity index (χ4v) is 3.26. The molecule has 0 N–H and O–H groups in total. The largest absolute Gasteiger partial charge is 0.468 e. The molecule has 0 fully saturated rings. The van der Waals surface area contributed by atoms with Crippen molar-refractivity contribution in [3.05, 3.63) is 88.1 Å². The molecule has 0 saturated carbocycles. The van der Waals surface area contributed by atoms with Crippen molar-refractivity contribution >= 4 is 45.9 Å². The van der Waals surface area contributed by atoms with Gasteiger partial charge in [-0.15, -0.1) is 0 Å². The summed E-state index contributed by atoms with van der Waals surface area (Å²) >= 11 is 3.32. The van der Waals surface area contributed by atoms with Gasteiger partial charge in [-0.05, 0) is 35.4 Å². The zero-order valence-electron chi connectivity index (χ0n) is 18.7. The third-order valence-corrected chi connectivity index (χ3v) is 5.19. The first kappa shape index (κ1) is 26.5. The molecule has 2 aromatic rings. The second kappa shape index (κ2) is 13.1. The Bertz CT molecular complexity index is 1060. The number of hydrogen-bond acceptors (Lipinski definition) is 8. The molecule has 8 nitrogen and oxygen atoms in total. The predicted octanol–water partition coefficient (Wildman–Crippen LogP) is 3.81. The smallest absolute Gasteiger partial charge is 0.373 e. The summed E-state index contributed by atoms with van der Waals surface area (Å²) in [4.78, 5) is 49.8. The molecule has 0 radical (unpaired) electrons. The first-order chi connectivity index (χ1) is 16.3. The summed E-state index contributed by atoms with van der Waals surface area (Å²) in [5.74, 6) is -6.68. The third-order valence-electron chi connectivity index (χ3n) is 4.66. The number of rotatable bonds is 9. The van der Waals surface area contributed by atoms with E-state index in [0.717, 1.165) is 37.4 Å². The number of halogens is 1. The summed E-state index contributed by atoms with van der Waals surface area (Å²) in [5, 5.41) is 0. The van der Waals surface area contributed by atoms with Crippen LogP contribution in [-0.2, 0) is 38.1 Å². The molecule has 178 valence electrons. The van der Waals surface area contributed by atoms with Crippen LogP contribution in [0.15, 0.2) is 77.0 Å². The van der Waals surface area contributed by atoms with E-state index in [2.05, 4.69) is 15.9 Å². The van der Waals surface area contributed by atoms with Gasteiger partial charge in [0.05, 0.1) is 21.3 Å². The summed E-state index contributed by atoms with van der Waals surface area (Å²) in [7, 11) is 3.35. The average molecular weight is 531 g/mol. The van der Waals surface area contributed by atoms with E-state index in [9.17, 15) is 19.2 Å². The zero-order chi connectivity index (χ0) is 25.1. The maximum Gasteiger partial charge on any atom is 0.373 e. The van der Waals surface area contributed by atoms with E-state index in [1.165, 1.54) is 12.2 Å². The van der Waals surface area contributed by atoms with Crippen LogP contribution in [0.5, 0.6) is 0 Å². The van der Waals surface area contributed by atoms with E-state index in [1.54, 1.807) is 48.5 Å². The van der Waals surface area contributed by atoms with Crippen LogP contribution < -0.4 is 0 Å². The van der Waals surface area contributed by atoms with Gasteiger partial charge in [0.1, 0.15) is 0 Å². The average Bonchev–Trinajstić information content (AvgIpc) is 2.86. The van der Waals surface area contributed by atoms with Crippen LogP contribution in [0.4, 0.5) is 0 Å². The van der Waals surface area contributed by atoms with Crippen molar-refractivity contribution in [1.82, 2.24) is 0 Å². The van der Waals surface area contributed by atoms with Gasteiger partial charge in [-0.3, -0.25) is 9.59 Å². The number of carbonyl (C=O) groups is 4. The van der Waals surface area contributed by atoms with Crippen molar-refractivity contribution in [1.29, 1.82) is 0 Å². The summed E-state index contributed by atoms with van der Waals surface area (Å²) < 4.78 is 20.3. The zero-order valence-corrected chi connectivity index (χ0v) is 20.3. The van der Waals surface area contributed by atoms with Crippen LogP contribution in [0.3, 0.4) is 0 Å². The van der Waals surface area contributed by atoms with E-state index in [4.69, 9.17) is 18.9 Å². The van der Waals surface area contributed by atoms with Crippen molar-refractivity contribution in [3.63, 3.8) is 0 Å². The topological polar surface area (TPSA) is 105 Å². The Kier molecular flexibility index (Phi) is 10.2. The third kappa shape index (κ3) is 7.41. The number of carbonyl (C=O) groups excluding carboxylic acids is 4. The summed E-state index contributed by atoms with van der Waals surface area (Å²) in [6.45, 7) is 0. The lowest BCUT2D eigenvalue weighted by atomic mass is 9.85. The molecule has 0 saturated heterocycles. The molecule has 0 aromatic heterocycles. The Morgan fingerprint density at radius 3 is 1.94 bits per heavy atom. The SMILES string of the molecule is COC(=O)/C(=C/[C@H](c1ccc(Br)cc1)C(C(=O)OC)C(=O)OC)OC(=O)/C=C/c1ccccc1. The van der Waals surface area contributed by atoms with Gasteiger partial charge < -0.3 is 18.9 Å². The molecule has 9 heteroatoms. The minimum absolute atomic E-state index is 0.460. The van der Waals surface area contributed by atoms with Crippen LogP contribution in [0.2, 0.25) is 0 Å². The Balaban J connectivity index is 2.50. The minimum atomic E-state index is -1.48. The summed E-state index contributed by atoms with van der Waals surface area (Å²) in [6, 6.07) is 15.6. The molecule has 0 unspecified atom stereocenters. The second-order valence-electron chi connectivity index (χ2n) is 6.79. The highest BCUT2D eigenvalue weighted by Crippen LogP contribution is 2.31. The molecule has 2 aromatic carbocycles. The molecule has 0 aliphatic heterocycles. The molecule has 0 heterocycles. The molecular weight excluding hydrogens is 508 g/mol. The van der Waals surface area contributed by atoms with Crippen molar-refractivity contribution in [3.8, 4) is 0 Å². The quantitative estimate of drug-likeness (QED) is 0.158. The van der Waals surface area contributed by atoms with Crippen molar-refractivity contribution < 1.29 is 38.1 Å². The number of methoxy groups -OCH3 is 3. The van der Waals surface area contributed by atoms with E-state index < -0.39 is 41.5 Å². The Hall–Kier alpha value is -3.72. The van der Waals surface area contributed by atoms with Crippen molar-refractivity contribution in [2.24, 2.45) is 5.92 Å². The number of hydrogen-bond donors (Lipinski definition) is 0. The maximum absolute atomic E-state index is 12.5. The normalized spacial score (nSPS) is 12.2. The molecule has 1 atom stereocenters. The number of allylic oxidation sites excluding steroid dienone is 1. The van der Waals surface area contributed by atoms with Crippen molar-refractivity contribution in [2.75, 3.05) is 21.3 Å². The van der Waals surface area contributed by atoms with Gasteiger partial charge in [-0.2, -0.15) is 0 Å². The molecule has 34 heavy (non-hydrogen) atoms. The monoisotopic (exact) mass is 530 g/mol. The highest BCUT2D eigenvalue weighted by Gasteiger charge is 2.38. The van der Waals surface area contributed by atoms with Crippen molar-refractivity contribution in [2.45, 2.75) is 5.92 Å². The molecule has 0 aliphatic carbocycles. The lowest BCUT2D eigenvalue weighted by molar-refractivity contribution is -0.159. The molecule has 0 spiro atoms. The Labute approximate surface area is 205 Å². The van der Waals surface area contributed by atoms with Crippen LogP contribution in [0.1, 0.15) is 17.0 Å². The summed E-state index contributed by atoms with van der Waals surface area (Å²) in [5.41, 5.74) is 1.20. The van der Waals surface area contributed by atoms with Crippen LogP contribution >= 0.6 is 15.9 Å². The van der Waals surface area contributed by atoms with E-state index in [0.29, 0.717) is 5.56 Å². The van der Waals surface area contributed by atoms with E-state index >= 15 is 0 Å². The fraction of sp³-hybridized carbons (Fsp3) is 0.200. The van der Waals surface area contributed by atoms with Gasteiger partial charge in [0.25, 0.3) is 0 Å². The predicted molar refractivity (Wildman–Crippen MR) is 126 cm³/mol. The van der Waals surface area contributed by atoms with Crippen LogP contribution in [-0.4, -0.2) is 45.2 Å². The first-order valence-electron chi connectivity index (χ1n) is 9.96. The fourth-order valence-electron chi connectivity index (χ4n) is 2.99. The molecule has 2 rings (SSSR count). The van der Waals surface area contributed by atoms with Gasteiger partial charge in [-0.25, -0.2) is 9.59 Å². The van der Waals surface area contributed by atoms with Crippen LogP contribution in [0.25, 0.3) is 6.08 Å². The molecule has 0 bridgehead atoms. The lowest BCUT2D eigenvalue weighted by Crippen LogP contribution is -2.32. The minimum Gasteiger partial charge on any atom is -0.468 e. The van der Waals surface area contributed by atoms with E-state index in [-0.39, 0.29) is 0 Å². The molecule has 0 amide bonds. The lowest BCUT2D eigenvalue weighted by Gasteiger charge is -2.22. The number of esters is 4. The number of ether oxygens (including phenoxy) is 4. The Morgan fingerprint density at radius 1 is 0.824 bits per heavy atom. The van der Waals surface area contributed by atoms with E-state index in [1.807, 2.05) is 6.07 Å². The second-order valence-corrected chi connectivity index (χ2v) is 7.70. The maximum atomic E-state index is 12.5. The van der Waals surface area contributed by atoms with Gasteiger partial charge in [0, 0.05) is 16.5 Å². The van der Waals surface area contributed by atoms with Gasteiger partial charge in [0.15, 0.2) is 5.92 Å². The van der Waals surface area contributed by atoms with Gasteiger partial charge >= 0.3 is 23.9 Å². The summed E-state index contributed by atoms with van der Waals surface area (Å²) in [6.07, 6.45) is 3.82. The van der Waals surface area contributed by atoms with Gasteiger partial charge in [-0.1, -0.05) is 58.4 Å². The first-order valence-corrected chi connectivity index (χ1v) is 10.8. The molecular formula is C25H23BrO8.